The van der Waals surface area contributed by atoms with Crippen molar-refractivity contribution in [3.63, 3.8) is 0 Å². The van der Waals surface area contributed by atoms with Gasteiger partial charge in [0.2, 0.25) is 5.91 Å². The molecule has 4 atom stereocenters. The van der Waals surface area contributed by atoms with E-state index in [4.69, 9.17) is 27.9 Å². The Morgan fingerprint density at radius 1 is 1.18 bits per heavy atom. The third kappa shape index (κ3) is 5.59. The van der Waals surface area contributed by atoms with Crippen molar-refractivity contribution in [2.75, 3.05) is 12.4 Å². The van der Waals surface area contributed by atoms with Crippen molar-refractivity contribution in [1.29, 1.82) is 5.26 Å². The molecule has 210 valence electrons. The number of anilines is 1. The molecule has 1 saturated heterocycles. The molecule has 0 spiro atoms. The molecule has 1 aliphatic heterocycles. The molecule has 2 heterocycles. The lowest BCUT2D eigenvalue weighted by atomic mass is 9.62. The maximum absolute atomic E-state index is 15.7. The second kappa shape index (κ2) is 11.5. The molecule has 1 unspecified atom stereocenters. The molecule has 1 amide bonds. The van der Waals surface area contributed by atoms with Crippen LogP contribution in [0.1, 0.15) is 53.9 Å². The molecule has 0 radical (unpaired) electrons. The minimum Gasteiger partial charge on any atom is -0.465 e. The summed E-state index contributed by atoms with van der Waals surface area (Å²) in [6.45, 7) is 5.87. The van der Waals surface area contributed by atoms with Gasteiger partial charge in [-0.3, -0.25) is 4.79 Å². The van der Waals surface area contributed by atoms with E-state index in [1.54, 1.807) is 6.07 Å². The van der Waals surface area contributed by atoms with Crippen molar-refractivity contribution in [2.24, 2.45) is 5.41 Å². The second-order valence-electron chi connectivity index (χ2n) is 10.8. The maximum atomic E-state index is 15.7. The molecule has 1 aliphatic rings. The van der Waals surface area contributed by atoms with E-state index in [1.807, 2.05) is 20.8 Å². The number of ether oxygens (including phenoxy) is 1. The molecule has 40 heavy (non-hydrogen) atoms. The van der Waals surface area contributed by atoms with Gasteiger partial charge in [0.1, 0.15) is 21.9 Å². The maximum Gasteiger partial charge on any atom is 0.348 e. The third-order valence-electron chi connectivity index (χ3n) is 6.97. The van der Waals surface area contributed by atoms with E-state index in [1.165, 1.54) is 43.5 Å². The van der Waals surface area contributed by atoms with Gasteiger partial charge in [-0.1, -0.05) is 62.2 Å². The molecule has 3 aromatic rings. The lowest BCUT2D eigenvalue weighted by Gasteiger charge is -2.37. The molecule has 2 aromatic carbocycles. The molecular weight excluding hydrogens is 579 g/mol. The first-order valence-corrected chi connectivity index (χ1v) is 14.0. The van der Waals surface area contributed by atoms with E-state index < -0.39 is 46.9 Å². The predicted molar refractivity (Wildman–Crippen MR) is 152 cm³/mol. The number of nitrogens with zero attached hydrogens (tertiary/aromatic N) is 1. The molecule has 6 nitrogen and oxygen atoms in total. The number of rotatable bonds is 6. The number of thiophene rings is 1. The van der Waals surface area contributed by atoms with Gasteiger partial charge in [-0.25, -0.2) is 13.6 Å². The van der Waals surface area contributed by atoms with Crippen molar-refractivity contribution in [1.82, 2.24) is 5.32 Å². The zero-order valence-electron chi connectivity index (χ0n) is 22.2. The normalized spacial score (nSPS) is 22.5. The van der Waals surface area contributed by atoms with E-state index in [-0.39, 0.29) is 31.5 Å². The zero-order valence-corrected chi connectivity index (χ0v) is 24.5. The van der Waals surface area contributed by atoms with Crippen LogP contribution in [0.5, 0.6) is 0 Å². The highest BCUT2D eigenvalue weighted by molar-refractivity contribution is 7.18. The predicted octanol–water partition coefficient (Wildman–Crippen LogP) is 7.08. The summed E-state index contributed by atoms with van der Waals surface area (Å²) in [4.78, 5) is 26.1. The highest BCUT2D eigenvalue weighted by atomic mass is 35.5. The molecule has 11 heteroatoms. The molecule has 1 fully saturated rings. The van der Waals surface area contributed by atoms with Crippen molar-refractivity contribution >= 4 is 51.4 Å². The summed E-state index contributed by atoms with van der Waals surface area (Å²) in [5, 5.41) is 17.2. The molecule has 1 aromatic heterocycles. The monoisotopic (exact) mass is 605 g/mol. The summed E-state index contributed by atoms with van der Waals surface area (Å²) in [5.74, 6) is -3.89. The number of nitriles is 1. The van der Waals surface area contributed by atoms with Gasteiger partial charge >= 0.3 is 5.97 Å². The number of hydrogen-bond donors (Lipinski definition) is 2. The first kappa shape index (κ1) is 29.9. The molecular formula is C29H27Cl2F2N3O3S. The number of nitrogens with one attached hydrogen (secondary N) is 2. The van der Waals surface area contributed by atoms with E-state index in [0.717, 1.165) is 17.4 Å². The first-order valence-electron chi connectivity index (χ1n) is 12.4. The summed E-state index contributed by atoms with van der Waals surface area (Å²) in [7, 11) is 1.25. The number of benzene rings is 2. The van der Waals surface area contributed by atoms with E-state index >= 15 is 8.78 Å². The lowest BCUT2D eigenvalue weighted by Crippen LogP contribution is -2.44. The van der Waals surface area contributed by atoms with Gasteiger partial charge < -0.3 is 15.4 Å². The molecule has 0 aliphatic carbocycles. The fourth-order valence-corrected chi connectivity index (χ4v) is 6.54. The number of carbonyl (C=O) groups excluding carboxylic acids is 2. The van der Waals surface area contributed by atoms with Crippen molar-refractivity contribution in [3.8, 4) is 6.07 Å². The summed E-state index contributed by atoms with van der Waals surface area (Å²) in [5.41, 5.74) is -2.12. The Morgan fingerprint density at radius 2 is 1.90 bits per heavy atom. The van der Waals surface area contributed by atoms with Crippen LogP contribution < -0.4 is 10.6 Å². The van der Waals surface area contributed by atoms with Gasteiger partial charge in [-0.05, 0) is 47.7 Å². The van der Waals surface area contributed by atoms with E-state index in [9.17, 15) is 14.9 Å². The van der Waals surface area contributed by atoms with E-state index in [2.05, 4.69) is 16.7 Å². The van der Waals surface area contributed by atoms with Gasteiger partial charge in [-0.15, -0.1) is 11.3 Å². The number of carbonyl (C=O) groups is 2. The number of hydrogen-bond acceptors (Lipinski definition) is 6. The quantitative estimate of drug-likeness (QED) is 0.293. The third-order valence-corrected chi connectivity index (χ3v) is 8.48. The van der Waals surface area contributed by atoms with Crippen LogP contribution in [0.3, 0.4) is 0 Å². The average Bonchev–Trinajstić information content (AvgIpc) is 3.47. The van der Waals surface area contributed by atoms with Gasteiger partial charge in [0.15, 0.2) is 0 Å². The summed E-state index contributed by atoms with van der Waals surface area (Å²) in [6.07, 6.45) is 0.344. The Balaban J connectivity index is 1.92. The van der Waals surface area contributed by atoms with E-state index in [0.29, 0.717) is 11.4 Å². The van der Waals surface area contributed by atoms with Crippen LogP contribution in [-0.2, 0) is 14.9 Å². The second-order valence-corrected chi connectivity index (χ2v) is 12.8. The SMILES string of the molecule is COC(=O)c1ccc(NC(=O)C2N[C@@H](CC(C)(C)C)[C@](C#N)(c3ccc(Cl)cc3F)[C@H]2c2cccc(Cl)c2F)s1. The Hall–Kier alpha value is -3.03. The van der Waals surface area contributed by atoms with Gasteiger partial charge in [0.05, 0.1) is 29.2 Å². The van der Waals surface area contributed by atoms with Gasteiger partial charge in [0.25, 0.3) is 0 Å². The standard InChI is InChI=1S/C29H27Cl2F2N3O3S/c1-28(2,3)13-21-29(14-34,17-9-8-15(30)12-19(17)32)23(16-6-5-7-18(31)24(16)33)25(35-21)26(37)36-22-11-10-20(40-22)27(38)39-4/h5-12,21,23,25,35H,13H2,1-4H3,(H,36,37)/t21-,23-,25?,29-/m0/s1. The highest BCUT2D eigenvalue weighted by Gasteiger charge is 2.61. The minimum absolute atomic E-state index is 0.00566. The highest BCUT2D eigenvalue weighted by Crippen LogP contribution is 2.53. The summed E-state index contributed by atoms with van der Waals surface area (Å²) >= 11 is 13.2. The number of esters is 1. The van der Waals surface area contributed by atoms with Crippen molar-refractivity contribution in [3.05, 3.63) is 86.2 Å². The Bertz CT molecular complexity index is 1500. The average molecular weight is 607 g/mol. The Kier molecular flexibility index (Phi) is 8.57. The first-order chi connectivity index (χ1) is 18.8. The molecule has 4 rings (SSSR count). The lowest BCUT2D eigenvalue weighted by molar-refractivity contribution is -0.118. The van der Waals surface area contributed by atoms with Crippen LogP contribution in [0.4, 0.5) is 13.8 Å². The zero-order chi connectivity index (χ0) is 29.4. The number of halogens is 4. The van der Waals surface area contributed by atoms with Crippen LogP contribution in [0.25, 0.3) is 0 Å². The topological polar surface area (TPSA) is 91.2 Å². The van der Waals surface area contributed by atoms with Crippen LogP contribution in [0.2, 0.25) is 10.0 Å². The van der Waals surface area contributed by atoms with Crippen molar-refractivity contribution < 1.29 is 23.1 Å². The smallest absolute Gasteiger partial charge is 0.348 e. The fraction of sp³-hybridized carbons (Fsp3) is 0.345. The van der Waals surface area contributed by atoms with Crippen LogP contribution in [-0.4, -0.2) is 31.1 Å². The fourth-order valence-electron chi connectivity index (χ4n) is 5.37. The minimum atomic E-state index is -1.73. The Morgan fingerprint density at radius 3 is 2.52 bits per heavy atom. The number of methoxy groups -OCH3 is 1. The molecule has 2 N–H and O–H groups in total. The van der Waals surface area contributed by atoms with Gasteiger partial charge in [0, 0.05) is 22.5 Å². The summed E-state index contributed by atoms with van der Waals surface area (Å²) in [6, 6.07) is 11.7. The van der Waals surface area contributed by atoms with Crippen LogP contribution in [0.15, 0.2) is 48.5 Å². The molecule has 0 bridgehead atoms. The van der Waals surface area contributed by atoms with Gasteiger partial charge in [-0.2, -0.15) is 5.26 Å². The Labute approximate surface area is 245 Å². The molecule has 0 saturated carbocycles. The van der Waals surface area contributed by atoms with Crippen molar-refractivity contribution in [2.45, 2.75) is 50.6 Å². The summed E-state index contributed by atoms with van der Waals surface area (Å²) < 4.78 is 36.1. The van der Waals surface area contributed by atoms with Crippen LogP contribution >= 0.6 is 34.5 Å². The van der Waals surface area contributed by atoms with Crippen LogP contribution in [0, 0.1) is 28.4 Å². The largest absolute Gasteiger partial charge is 0.465 e. The number of amides is 1.